The molecule has 0 amide bonds. The summed E-state index contributed by atoms with van der Waals surface area (Å²) in [6.07, 6.45) is 0.881. The highest BCUT2D eigenvalue weighted by Gasteiger charge is 2.19. The van der Waals surface area contributed by atoms with Crippen molar-refractivity contribution in [3.05, 3.63) is 28.2 Å². The summed E-state index contributed by atoms with van der Waals surface area (Å²) < 4.78 is 26.8. The maximum absolute atomic E-state index is 12.1. The van der Waals surface area contributed by atoms with Gasteiger partial charge in [0.15, 0.2) is 0 Å². The monoisotopic (exact) mass is 387 g/mol. The van der Waals surface area contributed by atoms with Crippen molar-refractivity contribution in [2.24, 2.45) is 5.92 Å². The van der Waals surface area contributed by atoms with Crippen molar-refractivity contribution in [3.63, 3.8) is 0 Å². The smallest absolute Gasteiger partial charge is 0.210 e. The molecule has 0 aromatic heterocycles. The van der Waals surface area contributed by atoms with Crippen LogP contribution in [0.4, 0.5) is 0 Å². The van der Waals surface area contributed by atoms with E-state index in [4.69, 9.17) is 23.2 Å². The molecule has 7 heteroatoms. The molecule has 1 aromatic rings. The summed E-state index contributed by atoms with van der Waals surface area (Å²) in [6, 6.07) is 4.37. The van der Waals surface area contributed by atoms with Crippen molar-refractivity contribution >= 4 is 49.2 Å². The first-order valence-corrected chi connectivity index (χ1v) is 8.96. The largest absolute Gasteiger partial charge is 0.242 e. The van der Waals surface area contributed by atoms with Gasteiger partial charge in [0.2, 0.25) is 10.0 Å². The van der Waals surface area contributed by atoms with Gasteiger partial charge in [-0.05, 0) is 30.5 Å². The summed E-state index contributed by atoms with van der Waals surface area (Å²) >= 11 is 15.1. The second-order valence-corrected chi connectivity index (χ2v) is 8.53. The van der Waals surface area contributed by atoms with Crippen LogP contribution in [0.15, 0.2) is 23.1 Å². The average molecular weight is 389 g/mol. The molecule has 1 atom stereocenters. The minimum Gasteiger partial charge on any atom is -0.210 e. The van der Waals surface area contributed by atoms with Gasteiger partial charge in [-0.1, -0.05) is 53.0 Å². The SMILES string of the molecule is CC(C)CC(Br)CNS(=O)(=O)c1cc(Cl)ccc1Cl. The predicted molar refractivity (Wildman–Crippen MR) is 83.8 cm³/mol. The molecular formula is C12H16BrCl2NO2S. The van der Waals surface area contributed by atoms with Crippen molar-refractivity contribution in [2.45, 2.75) is 30.0 Å². The lowest BCUT2D eigenvalue weighted by atomic mass is 10.1. The van der Waals surface area contributed by atoms with Gasteiger partial charge < -0.3 is 0 Å². The van der Waals surface area contributed by atoms with E-state index in [-0.39, 0.29) is 14.7 Å². The van der Waals surface area contributed by atoms with E-state index in [1.165, 1.54) is 12.1 Å². The third kappa shape index (κ3) is 5.60. The highest BCUT2D eigenvalue weighted by molar-refractivity contribution is 9.09. The van der Waals surface area contributed by atoms with Crippen molar-refractivity contribution in [1.29, 1.82) is 0 Å². The normalized spacial score (nSPS) is 13.8. The fourth-order valence-corrected chi connectivity index (χ4v) is 4.52. The maximum atomic E-state index is 12.1. The third-order valence-corrected chi connectivity index (χ3v) is 5.24. The van der Waals surface area contributed by atoms with Crippen LogP contribution in [0.25, 0.3) is 0 Å². The Morgan fingerprint density at radius 1 is 1.32 bits per heavy atom. The number of nitrogens with one attached hydrogen (secondary N) is 1. The van der Waals surface area contributed by atoms with Gasteiger partial charge in [0.25, 0.3) is 0 Å². The van der Waals surface area contributed by atoms with Gasteiger partial charge in [-0.2, -0.15) is 0 Å². The molecule has 1 unspecified atom stereocenters. The average Bonchev–Trinajstić information content (AvgIpc) is 2.29. The molecule has 0 aliphatic rings. The summed E-state index contributed by atoms with van der Waals surface area (Å²) in [5, 5.41) is 0.495. The fourth-order valence-electron chi connectivity index (χ4n) is 1.56. The van der Waals surface area contributed by atoms with Crippen LogP contribution in [0.5, 0.6) is 0 Å². The van der Waals surface area contributed by atoms with Gasteiger partial charge in [-0.25, -0.2) is 13.1 Å². The lowest BCUT2D eigenvalue weighted by molar-refractivity contribution is 0.551. The number of rotatable bonds is 6. The Bertz CT molecular complexity index is 535. The van der Waals surface area contributed by atoms with Crippen LogP contribution in [0.2, 0.25) is 10.0 Å². The van der Waals surface area contributed by atoms with Crippen LogP contribution in [-0.4, -0.2) is 19.8 Å². The van der Waals surface area contributed by atoms with E-state index in [0.717, 1.165) is 6.42 Å². The Hall–Kier alpha value is 0.190. The molecule has 0 aliphatic carbocycles. The van der Waals surface area contributed by atoms with E-state index in [0.29, 0.717) is 17.5 Å². The second-order valence-electron chi connectivity index (χ2n) is 4.65. The minimum absolute atomic E-state index is 0.00548. The van der Waals surface area contributed by atoms with E-state index in [2.05, 4.69) is 34.5 Å². The predicted octanol–water partition coefficient (Wildman–Crippen LogP) is 4.08. The van der Waals surface area contributed by atoms with E-state index in [1.54, 1.807) is 6.07 Å². The van der Waals surface area contributed by atoms with Crippen LogP contribution >= 0.6 is 39.1 Å². The van der Waals surface area contributed by atoms with Crippen LogP contribution in [0.3, 0.4) is 0 Å². The first-order valence-electron chi connectivity index (χ1n) is 5.81. The van der Waals surface area contributed by atoms with E-state index in [1.807, 2.05) is 0 Å². The maximum Gasteiger partial charge on any atom is 0.242 e. The van der Waals surface area contributed by atoms with Gasteiger partial charge in [0.05, 0.1) is 5.02 Å². The minimum atomic E-state index is -3.64. The van der Waals surface area contributed by atoms with Crippen LogP contribution in [0.1, 0.15) is 20.3 Å². The highest BCUT2D eigenvalue weighted by atomic mass is 79.9. The molecule has 19 heavy (non-hydrogen) atoms. The number of hydrogen-bond donors (Lipinski definition) is 1. The van der Waals surface area contributed by atoms with Crippen LogP contribution < -0.4 is 4.72 Å². The standard InChI is InChI=1S/C12H16BrCl2NO2S/c1-8(2)5-9(13)7-16-19(17,18)12-6-10(14)3-4-11(12)15/h3-4,6,8-9,16H,5,7H2,1-2H3. The van der Waals surface area contributed by atoms with Gasteiger partial charge in [-0.3, -0.25) is 0 Å². The Kier molecular flexibility index (Phi) is 6.60. The molecule has 3 nitrogen and oxygen atoms in total. The second kappa shape index (κ2) is 7.27. The number of alkyl halides is 1. The molecule has 1 aromatic carbocycles. The van der Waals surface area contributed by atoms with Crippen molar-refractivity contribution in [1.82, 2.24) is 4.72 Å². The van der Waals surface area contributed by atoms with Gasteiger partial charge in [0.1, 0.15) is 4.90 Å². The number of sulfonamides is 1. The molecule has 0 radical (unpaired) electrons. The van der Waals surface area contributed by atoms with E-state index in [9.17, 15) is 8.42 Å². The number of benzene rings is 1. The van der Waals surface area contributed by atoms with Crippen LogP contribution in [0, 0.1) is 5.92 Å². The zero-order valence-electron chi connectivity index (χ0n) is 10.7. The Morgan fingerprint density at radius 3 is 2.53 bits per heavy atom. The Labute approximate surface area is 132 Å². The first kappa shape index (κ1) is 17.2. The van der Waals surface area contributed by atoms with E-state index < -0.39 is 10.0 Å². The summed E-state index contributed by atoms with van der Waals surface area (Å²) in [5.74, 6) is 0.489. The van der Waals surface area contributed by atoms with Gasteiger partial charge in [-0.15, -0.1) is 0 Å². The molecule has 0 saturated carbocycles. The number of halogens is 3. The lowest BCUT2D eigenvalue weighted by Gasteiger charge is -2.14. The molecule has 0 fully saturated rings. The summed E-state index contributed by atoms with van der Waals surface area (Å²) in [4.78, 5) is 0.0890. The van der Waals surface area contributed by atoms with Crippen molar-refractivity contribution < 1.29 is 8.42 Å². The highest BCUT2D eigenvalue weighted by Crippen LogP contribution is 2.25. The summed E-state index contributed by atoms with van der Waals surface area (Å²) in [7, 11) is -3.64. The third-order valence-electron chi connectivity index (χ3n) is 2.40. The molecule has 0 saturated heterocycles. The molecule has 0 bridgehead atoms. The molecule has 0 spiro atoms. The fraction of sp³-hybridized carbons (Fsp3) is 0.500. The zero-order chi connectivity index (χ0) is 14.6. The summed E-state index contributed by atoms with van der Waals surface area (Å²) in [5.41, 5.74) is 0. The topological polar surface area (TPSA) is 46.2 Å². The molecular weight excluding hydrogens is 373 g/mol. The van der Waals surface area contributed by atoms with Crippen LogP contribution in [-0.2, 0) is 10.0 Å². The Morgan fingerprint density at radius 2 is 1.95 bits per heavy atom. The van der Waals surface area contributed by atoms with Crippen molar-refractivity contribution in [3.8, 4) is 0 Å². The summed E-state index contributed by atoms with van der Waals surface area (Å²) in [6.45, 7) is 4.47. The van der Waals surface area contributed by atoms with Gasteiger partial charge in [0, 0.05) is 16.4 Å². The lowest BCUT2D eigenvalue weighted by Crippen LogP contribution is -2.30. The molecule has 108 valence electrons. The quantitative estimate of drug-likeness (QED) is 0.746. The van der Waals surface area contributed by atoms with Gasteiger partial charge >= 0.3 is 0 Å². The zero-order valence-corrected chi connectivity index (χ0v) is 14.6. The molecule has 0 aliphatic heterocycles. The van der Waals surface area contributed by atoms with E-state index >= 15 is 0 Å². The Balaban J connectivity index is 2.79. The number of hydrogen-bond acceptors (Lipinski definition) is 2. The molecule has 1 rings (SSSR count). The van der Waals surface area contributed by atoms with Crippen molar-refractivity contribution in [2.75, 3.05) is 6.54 Å². The molecule has 0 heterocycles. The molecule has 1 N–H and O–H groups in total. The first-order chi connectivity index (χ1) is 8.72.